The van der Waals surface area contributed by atoms with E-state index in [4.69, 9.17) is 15.0 Å². The van der Waals surface area contributed by atoms with Gasteiger partial charge in [-0.2, -0.15) is 13.2 Å². The highest BCUT2D eigenvalue weighted by Crippen LogP contribution is 2.13. The molecule has 11 heteroatoms. The van der Waals surface area contributed by atoms with Crippen LogP contribution in [0.5, 0.6) is 0 Å². The number of carboxylic acids is 2. The molecule has 194 valence electrons. The summed E-state index contributed by atoms with van der Waals surface area (Å²) < 4.78 is 33.3. The van der Waals surface area contributed by atoms with E-state index in [-0.39, 0.29) is 11.1 Å². The number of aliphatic carboxylic acids is 1. The predicted octanol–water partition coefficient (Wildman–Crippen LogP) is 3.61. The van der Waals surface area contributed by atoms with Gasteiger partial charge in [0, 0.05) is 5.56 Å². The number of nitrogens with zero attached hydrogens (tertiary/aromatic N) is 3. The summed E-state index contributed by atoms with van der Waals surface area (Å²) in [6, 6.07) is 12.0. The average molecular weight is 515 g/mol. The summed E-state index contributed by atoms with van der Waals surface area (Å²) in [7, 11) is 0. The van der Waals surface area contributed by atoms with Gasteiger partial charge in [0.25, 0.3) is 5.56 Å². The van der Waals surface area contributed by atoms with Crippen LogP contribution >= 0.6 is 0 Å². The molecule has 1 fully saturated rings. The van der Waals surface area contributed by atoms with E-state index in [0.29, 0.717) is 17.4 Å². The molecule has 4 rings (SSSR count). The smallest absolute Gasteiger partial charge is 0.478 e. The van der Waals surface area contributed by atoms with E-state index in [1.54, 1.807) is 18.2 Å². The van der Waals surface area contributed by atoms with Crippen molar-refractivity contribution in [1.29, 1.82) is 0 Å². The van der Waals surface area contributed by atoms with Gasteiger partial charge in [0.15, 0.2) is 0 Å². The zero-order valence-corrected chi connectivity index (χ0v) is 19.7. The fourth-order valence-corrected chi connectivity index (χ4v) is 3.67. The van der Waals surface area contributed by atoms with E-state index in [1.165, 1.54) is 42.3 Å². The summed E-state index contributed by atoms with van der Waals surface area (Å²) in [5, 5.41) is 16.7. The summed E-state index contributed by atoms with van der Waals surface area (Å²) in [5.41, 5.74) is 2.36. The topological polar surface area (TPSA) is 113 Å². The number of halogens is 3. The van der Waals surface area contributed by atoms with Gasteiger partial charge in [0.1, 0.15) is 0 Å². The van der Waals surface area contributed by atoms with Gasteiger partial charge < -0.3 is 10.2 Å². The van der Waals surface area contributed by atoms with Crippen molar-refractivity contribution < 1.29 is 33.0 Å². The Kier molecular flexibility index (Phi) is 9.03. The van der Waals surface area contributed by atoms with Crippen LogP contribution in [0.4, 0.5) is 13.2 Å². The molecule has 2 aromatic carbocycles. The van der Waals surface area contributed by atoms with Crippen LogP contribution in [0.3, 0.4) is 0 Å². The minimum absolute atomic E-state index is 0.137. The van der Waals surface area contributed by atoms with Gasteiger partial charge in [-0.15, -0.1) is 0 Å². The van der Waals surface area contributed by atoms with Crippen molar-refractivity contribution >= 4 is 22.8 Å². The minimum atomic E-state index is -5.08. The van der Waals surface area contributed by atoms with Crippen molar-refractivity contribution in [3.63, 3.8) is 0 Å². The van der Waals surface area contributed by atoms with Crippen LogP contribution < -0.4 is 5.56 Å². The second-order valence-electron chi connectivity index (χ2n) is 8.35. The quantitative estimate of drug-likeness (QED) is 0.511. The molecule has 1 aliphatic heterocycles. The van der Waals surface area contributed by atoms with Gasteiger partial charge >= 0.3 is 18.1 Å². The number of carbonyl (C=O) groups is 2. The number of benzene rings is 2. The molecule has 0 radical (unpaired) electrons. The normalized spacial score (nSPS) is 13.7. The second kappa shape index (κ2) is 12.2. The molecule has 2 heterocycles. The summed E-state index contributed by atoms with van der Waals surface area (Å²) >= 11 is 0. The van der Waals surface area contributed by atoms with E-state index in [1.807, 2.05) is 12.1 Å². The predicted molar refractivity (Wildman–Crippen MR) is 129 cm³/mol. The summed E-state index contributed by atoms with van der Waals surface area (Å²) in [6.45, 7) is 3.29. The third-order valence-corrected chi connectivity index (χ3v) is 5.60. The zero-order chi connectivity index (χ0) is 27.0. The number of hydrogen-bond donors (Lipinski definition) is 2. The fraction of sp³-hybridized carbons (Fsp3) is 0.308. The van der Waals surface area contributed by atoms with Gasteiger partial charge in [-0.1, -0.05) is 30.4 Å². The molecule has 0 saturated carbocycles. The highest BCUT2D eigenvalue weighted by molar-refractivity contribution is 5.87. The Hall–Kier alpha value is -4.17. The first-order valence-electron chi connectivity index (χ1n) is 11.4. The summed E-state index contributed by atoms with van der Waals surface area (Å²) in [5.74, 6) is 2.67. The minimum Gasteiger partial charge on any atom is -0.478 e. The largest absolute Gasteiger partial charge is 0.490 e. The first kappa shape index (κ1) is 27.4. The third kappa shape index (κ3) is 7.91. The van der Waals surface area contributed by atoms with Crippen LogP contribution in [0.15, 0.2) is 53.6 Å². The molecule has 3 aromatic rings. The SMILES string of the molecule is O=C(O)C(F)(F)F.O=C(O)c1ccc(Cn2cnc3ccc(C#CCN4CCCCC4)cc3c2=O)cc1. The Morgan fingerprint density at radius 3 is 2.24 bits per heavy atom. The number of fused-ring (bicyclic) bond motifs is 1. The van der Waals surface area contributed by atoms with E-state index in [0.717, 1.165) is 30.8 Å². The standard InChI is InChI=1S/C24H23N3O3.C2HF3O2/c28-23-21-15-18(5-4-14-26-12-2-1-3-13-26)8-11-22(21)25-17-27(23)16-19-6-9-20(10-7-19)24(29)30;3-2(4,5)1(6)7/h6-11,15,17H,1-3,12-14,16H2,(H,29,30);(H,6,7). The molecule has 0 amide bonds. The molecule has 0 aliphatic carbocycles. The average Bonchev–Trinajstić information content (AvgIpc) is 2.87. The maximum atomic E-state index is 13.0. The Labute approximate surface area is 210 Å². The second-order valence-corrected chi connectivity index (χ2v) is 8.35. The lowest BCUT2D eigenvalue weighted by Gasteiger charge is -2.23. The molecule has 0 atom stereocenters. The monoisotopic (exact) mass is 515 g/mol. The highest BCUT2D eigenvalue weighted by atomic mass is 19.4. The van der Waals surface area contributed by atoms with Crippen LogP contribution in [0, 0.1) is 11.8 Å². The Morgan fingerprint density at radius 2 is 1.65 bits per heavy atom. The molecule has 1 aromatic heterocycles. The number of likely N-dealkylation sites (tertiary alicyclic amines) is 1. The Morgan fingerprint density at radius 1 is 1.00 bits per heavy atom. The van der Waals surface area contributed by atoms with Crippen molar-refractivity contribution in [3.8, 4) is 11.8 Å². The number of carboxylic acid groups (broad SMARTS) is 2. The fourth-order valence-electron chi connectivity index (χ4n) is 3.67. The molecule has 1 saturated heterocycles. The van der Waals surface area contributed by atoms with Crippen LogP contribution in [0.25, 0.3) is 10.9 Å². The van der Waals surface area contributed by atoms with Crippen molar-refractivity contribution in [2.24, 2.45) is 0 Å². The number of aromatic carboxylic acids is 1. The number of alkyl halides is 3. The molecule has 2 N–H and O–H groups in total. The number of rotatable bonds is 4. The van der Waals surface area contributed by atoms with Gasteiger partial charge in [0.05, 0.1) is 35.9 Å². The molecule has 1 aliphatic rings. The van der Waals surface area contributed by atoms with E-state index >= 15 is 0 Å². The number of hydrogen-bond acceptors (Lipinski definition) is 5. The van der Waals surface area contributed by atoms with Crippen LogP contribution in [-0.4, -0.2) is 62.4 Å². The van der Waals surface area contributed by atoms with Crippen LogP contribution in [0.1, 0.15) is 40.7 Å². The van der Waals surface area contributed by atoms with Gasteiger partial charge in [-0.3, -0.25) is 14.3 Å². The Balaban J connectivity index is 0.000000479. The van der Waals surface area contributed by atoms with Crippen LogP contribution in [0.2, 0.25) is 0 Å². The van der Waals surface area contributed by atoms with Crippen LogP contribution in [-0.2, 0) is 11.3 Å². The third-order valence-electron chi connectivity index (χ3n) is 5.60. The van der Waals surface area contributed by atoms with Gasteiger partial charge in [0.2, 0.25) is 0 Å². The first-order chi connectivity index (χ1) is 17.5. The summed E-state index contributed by atoms with van der Waals surface area (Å²) in [4.78, 5) is 39.6. The van der Waals surface area contributed by atoms with Gasteiger partial charge in [-0.05, 0) is 61.8 Å². The highest BCUT2D eigenvalue weighted by Gasteiger charge is 2.38. The molecule has 37 heavy (non-hydrogen) atoms. The van der Waals surface area contributed by atoms with Crippen molar-refractivity contribution in [2.45, 2.75) is 32.0 Å². The lowest BCUT2D eigenvalue weighted by Crippen LogP contribution is -2.29. The van der Waals surface area contributed by atoms with E-state index < -0.39 is 18.1 Å². The molecule has 0 unspecified atom stereocenters. The molecular formula is C26H24F3N3O5. The number of piperidine rings is 1. The van der Waals surface area contributed by atoms with Gasteiger partial charge in [-0.25, -0.2) is 14.6 Å². The van der Waals surface area contributed by atoms with Crippen molar-refractivity contribution in [2.75, 3.05) is 19.6 Å². The molecule has 0 spiro atoms. The van der Waals surface area contributed by atoms with E-state index in [2.05, 4.69) is 21.7 Å². The van der Waals surface area contributed by atoms with E-state index in [9.17, 15) is 22.8 Å². The summed E-state index contributed by atoms with van der Waals surface area (Å²) in [6.07, 6.45) is 0.221. The maximum Gasteiger partial charge on any atom is 0.490 e. The van der Waals surface area contributed by atoms with Crippen molar-refractivity contribution in [3.05, 3.63) is 75.8 Å². The maximum absolute atomic E-state index is 13.0. The molecule has 8 nitrogen and oxygen atoms in total. The van der Waals surface area contributed by atoms with Crippen molar-refractivity contribution in [1.82, 2.24) is 14.5 Å². The lowest BCUT2D eigenvalue weighted by molar-refractivity contribution is -0.192. The molecule has 0 bridgehead atoms. The number of aromatic nitrogens is 2. The zero-order valence-electron chi connectivity index (χ0n) is 19.7. The Bertz CT molecular complexity index is 1380. The first-order valence-corrected chi connectivity index (χ1v) is 11.4. The lowest BCUT2D eigenvalue weighted by atomic mass is 10.1. The molecular weight excluding hydrogens is 491 g/mol.